The highest BCUT2D eigenvalue weighted by molar-refractivity contribution is 7.92. The zero-order valence-corrected chi connectivity index (χ0v) is 21.7. The van der Waals surface area contributed by atoms with E-state index in [1.807, 2.05) is 24.7 Å². The number of hydrogen-bond donors (Lipinski definition) is 4. The number of carbonyl (C=O) groups is 1. The number of nitrogens with one attached hydrogen (secondary N) is 4. The second kappa shape index (κ2) is 9.67. The third-order valence-corrected chi connectivity index (χ3v) is 7.37. The predicted molar refractivity (Wildman–Crippen MR) is 140 cm³/mol. The van der Waals surface area contributed by atoms with Crippen LogP contribution in [0, 0.1) is 12.8 Å². The lowest BCUT2D eigenvalue weighted by Gasteiger charge is -2.16. The molecule has 0 saturated heterocycles. The first-order valence-corrected chi connectivity index (χ1v) is 13.6. The van der Waals surface area contributed by atoms with Crippen LogP contribution in [0.5, 0.6) is 0 Å². The van der Waals surface area contributed by atoms with Gasteiger partial charge in [0.2, 0.25) is 15.9 Å². The van der Waals surface area contributed by atoms with Crippen molar-refractivity contribution in [1.82, 2.24) is 24.5 Å². The minimum Gasteiger partial charge on any atom is -0.352 e. The molecule has 4 aromatic rings. The van der Waals surface area contributed by atoms with Crippen LogP contribution in [0.15, 0.2) is 30.5 Å². The maximum absolute atomic E-state index is 13.4. The molecule has 1 aliphatic rings. The zero-order valence-electron chi connectivity index (χ0n) is 20.8. The average molecular weight is 545 g/mol. The van der Waals surface area contributed by atoms with E-state index in [1.165, 1.54) is 13.0 Å². The van der Waals surface area contributed by atoms with Gasteiger partial charge in [-0.25, -0.2) is 32.2 Å². The van der Waals surface area contributed by atoms with Crippen molar-refractivity contribution in [2.75, 3.05) is 21.1 Å². The number of nitrogens with zero attached hydrogens (tertiary/aromatic N) is 4. The maximum atomic E-state index is 13.4. The van der Waals surface area contributed by atoms with Crippen molar-refractivity contribution in [2.24, 2.45) is 13.0 Å². The molecule has 4 N–H and O–H groups in total. The first kappa shape index (κ1) is 25.6. The number of alkyl halides is 2. The molecule has 0 unspecified atom stereocenters. The number of hydrogen-bond acceptors (Lipinski definition) is 7. The molecule has 38 heavy (non-hydrogen) atoms. The maximum Gasteiger partial charge on any atom is 0.295 e. The van der Waals surface area contributed by atoms with Crippen molar-refractivity contribution in [3.05, 3.63) is 42.0 Å². The summed E-state index contributed by atoms with van der Waals surface area (Å²) < 4.78 is 56.3. The summed E-state index contributed by atoms with van der Waals surface area (Å²) in [5.74, 6) is -0.269. The van der Waals surface area contributed by atoms with E-state index in [0.717, 1.165) is 18.5 Å². The van der Waals surface area contributed by atoms with E-state index in [1.54, 1.807) is 18.2 Å². The minimum atomic E-state index is -3.67. The number of pyridine rings is 1. The summed E-state index contributed by atoms with van der Waals surface area (Å²) in [5, 5.41) is 5.82. The highest BCUT2D eigenvalue weighted by Crippen LogP contribution is 2.36. The fraction of sp³-hybridized carbons (Fsp3) is 0.333. The first-order valence-electron chi connectivity index (χ1n) is 11.9. The van der Waals surface area contributed by atoms with E-state index in [-0.39, 0.29) is 45.9 Å². The molecule has 3 heterocycles. The molecule has 0 aliphatic heterocycles. The van der Waals surface area contributed by atoms with E-state index < -0.39 is 22.3 Å². The molecule has 0 atom stereocenters. The fourth-order valence-electron chi connectivity index (χ4n) is 3.99. The van der Waals surface area contributed by atoms with Crippen molar-refractivity contribution in [3.8, 4) is 11.4 Å². The lowest BCUT2D eigenvalue weighted by Crippen LogP contribution is -2.16. The topological polar surface area (TPSA) is 147 Å². The second-order valence-electron chi connectivity index (χ2n) is 9.15. The summed E-state index contributed by atoms with van der Waals surface area (Å²) in [6.45, 7) is 3.37. The van der Waals surface area contributed by atoms with Crippen LogP contribution in [0.1, 0.15) is 37.7 Å². The Kier molecular flexibility index (Phi) is 6.51. The SMILES string of the molecule is CCS(=O)(=O)Nc1cc(-c2nc(C)cn2C)ccc1Nc1cc(NC(=O)C2CC2)nc2nc(C(F)F)[nH]c12. The quantitative estimate of drug-likeness (QED) is 0.243. The number of rotatable bonds is 9. The van der Waals surface area contributed by atoms with Gasteiger partial charge in [0.1, 0.15) is 17.2 Å². The van der Waals surface area contributed by atoms with Crippen LogP contribution in [0.4, 0.5) is 31.7 Å². The number of aromatic nitrogens is 5. The summed E-state index contributed by atoms with van der Waals surface area (Å²) >= 11 is 0. The van der Waals surface area contributed by atoms with Crippen molar-refractivity contribution >= 4 is 50.0 Å². The predicted octanol–water partition coefficient (Wildman–Crippen LogP) is 4.46. The number of fused-ring (bicyclic) bond motifs is 1. The number of carbonyl (C=O) groups excluding carboxylic acids is 1. The Bertz CT molecular complexity index is 1640. The number of imidazole rings is 2. The summed E-state index contributed by atoms with van der Waals surface area (Å²) in [6.07, 6.45) is 0.537. The number of aromatic amines is 1. The van der Waals surface area contributed by atoms with Crippen LogP contribution in [-0.4, -0.2) is 44.6 Å². The van der Waals surface area contributed by atoms with Crippen LogP contribution < -0.4 is 15.4 Å². The van der Waals surface area contributed by atoms with E-state index >= 15 is 0 Å². The zero-order chi connectivity index (χ0) is 27.2. The van der Waals surface area contributed by atoms with Crippen molar-refractivity contribution in [3.63, 3.8) is 0 Å². The van der Waals surface area contributed by atoms with E-state index in [9.17, 15) is 22.0 Å². The Morgan fingerprint density at radius 3 is 2.55 bits per heavy atom. The van der Waals surface area contributed by atoms with E-state index in [0.29, 0.717) is 17.1 Å². The molecule has 1 fully saturated rings. The fourth-order valence-corrected chi connectivity index (χ4v) is 4.64. The van der Waals surface area contributed by atoms with Gasteiger partial charge < -0.3 is 20.2 Å². The third kappa shape index (κ3) is 5.30. The Morgan fingerprint density at radius 1 is 1.16 bits per heavy atom. The van der Waals surface area contributed by atoms with E-state index in [4.69, 9.17) is 0 Å². The standard InChI is InChI=1S/C24H26F2N8O3S/c1-4-38(36,37)33-16-9-14(23-27-12(2)11-34(23)3)7-8-15(16)28-17-10-18(30-24(35)13-5-6-13)29-21-19(17)31-22(32-21)20(25)26/h7-11,13,20,33H,4-6H2,1-3H3,(H3,28,29,30,31,32,35). The lowest BCUT2D eigenvalue weighted by atomic mass is 10.1. The van der Waals surface area contributed by atoms with E-state index in [2.05, 4.69) is 35.3 Å². The minimum absolute atomic E-state index is 0.0211. The highest BCUT2D eigenvalue weighted by atomic mass is 32.2. The Labute approximate surface area is 217 Å². The van der Waals surface area contributed by atoms with Gasteiger partial charge in [-0.05, 0) is 44.9 Å². The molecule has 1 aliphatic carbocycles. The van der Waals surface area contributed by atoms with Gasteiger partial charge in [0, 0.05) is 30.8 Å². The molecule has 0 radical (unpaired) electrons. The number of H-pyrrole nitrogens is 1. The second-order valence-corrected chi connectivity index (χ2v) is 11.2. The first-order chi connectivity index (χ1) is 18.0. The smallest absolute Gasteiger partial charge is 0.295 e. The van der Waals surface area contributed by atoms with Crippen LogP contribution in [0.3, 0.4) is 0 Å². The number of halogens is 2. The van der Waals surface area contributed by atoms with Crippen LogP contribution in [-0.2, 0) is 21.9 Å². The van der Waals surface area contributed by atoms with Gasteiger partial charge in [0.15, 0.2) is 11.5 Å². The number of amides is 1. The van der Waals surface area contributed by atoms with Gasteiger partial charge in [-0.3, -0.25) is 9.52 Å². The largest absolute Gasteiger partial charge is 0.352 e. The summed E-state index contributed by atoms with van der Waals surface area (Å²) in [7, 11) is -1.84. The monoisotopic (exact) mass is 544 g/mol. The summed E-state index contributed by atoms with van der Waals surface area (Å²) in [6, 6.07) is 6.55. The molecule has 0 spiro atoms. The molecule has 3 aromatic heterocycles. The average Bonchev–Trinajstić information content (AvgIpc) is 3.53. The number of aryl methyl sites for hydroxylation is 2. The number of sulfonamides is 1. The van der Waals surface area contributed by atoms with Gasteiger partial charge in [0.25, 0.3) is 6.43 Å². The van der Waals surface area contributed by atoms with Crippen molar-refractivity contribution in [1.29, 1.82) is 0 Å². The Balaban J connectivity index is 1.59. The highest BCUT2D eigenvalue weighted by Gasteiger charge is 2.30. The normalized spacial score (nSPS) is 13.7. The Hall–Kier alpha value is -4.07. The van der Waals surface area contributed by atoms with Gasteiger partial charge in [-0.1, -0.05) is 0 Å². The molecule has 200 valence electrons. The third-order valence-electron chi connectivity index (χ3n) is 6.08. The van der Waals surface area contributed by atoms with Crippen molar-refractivity contribution < 1.29 is 22.0 Å². The molecule has 1 aromatic carbocycles. The summed E-state index contributed by atoms with van der Waals surface area (Å²) in [4.78, 5) is 27.5. The van der Waals surface area contributed by atoms with Gasteiger partial charge in [0.05, 0.1) is 28.5 Å². The molecule has 1 amide bonds. The molecule has 11 nitrogen and oxygen atoms in total. The van der Waals surface area contributed by atoms with Crippen LogP contribution in [0.25, 0.3) is 22.6 Å². The molecule has 5 rings (SSSR count). The number of anilines is 4. The Morgan fingerprint density at radius 2 is 1.92 bits per heavy atom. The molecule has 14 heteroatoms. The van der Waals surface area contributed by atoms with Gasteiger partial charge in [-0.15, -0.1) is 0 Å². The number of benzene rings is 1. The molecular weight excluding hydrogens is 518 g/mol. The van der Waals surface area contributed by atoms with Crippen LogP contribution in [0.2, 0.25) is 0 Å². The molecule has 0 bridgehead atoms. The van der Waals surface area contributed by atoms with Crippen molar-refractivity contribution in [2.45, 2.75) is 33.1 Å². The molecule has 1 saturated carbocycles. The molecular formula is C24H26F2N8O3S. The van der Waals surface area contributed by atoms with Gasteiger partial charge in [-0.2, -0.15) is 0 Å². The lowest BCUT2D eigenvalue weighted by molar-refractivity contribution is -0.117. The van der Waals surface area contributed by atoms with Crippen LogP contribution >= 0.6 is 0 Å². The summed E-state index contributed by atoms with van der Waals surface area (Å²) in [5.41, 5.74) is 2.47. The van der Waals surface area contributed by atoms with Gasteiger partial charge >= 0.3 is 0 Å².